The van der Waals surface area contributed by atoms with Crippen LogP contribution in [0.5, 0.6) is 5.75 Å². The van der Waals surface area contributed by atoms with Crippen molar-refractivity contribution in [3.8, 4) is 5.75 Å². The Morgan fingerprint density at radius 1 is 0.933 bits per heavy atom. The Balaban J connectivity index is 1.43. The van der Waals surface area contributed by atoms with Crippen molar-refractivity contribution in [3.05, 3.63) is 54.1 Å². The second-order valence-electron chi connectivity index (χ2n) is 8.23. The molecule has 2 heterocycles. The number of rotatable bonds is 5. The van der Waals surface area contributed by atoms with E-state index in [0.717, 1.165) is 37.6 Å². The molecule has 2 aromatic carbocycles. The van der Waals surface area contributed by atoms with Gasteiger partial charge in [0, 0.05) is 26.2 Å². The smallest absolute Gasteiger partial charge is 0.251 e. The highest BCUT2D eigenvalue weighted by Gasteiger charge is 2.43. The van der Waals surface area contributed by atoms with Gasteiger partial charge >= 0.3 is 0 Å². The summed E-state index contributed by atoms with van der Waals surface area (Å²) in [6, 6.07) is 15.4. The van der Waals surface area contributed by atoms with Crippen LogP contribution in [0.3, 0.4) is 0 Å². The molecule has 2 fully saturated rings. The molecule has 0 bridgehead atoms. The third-order valence-electron chi connectivity index (χ3n) is 6.12. The molecule has 0 aromatic heterocycles. The number of benzene rings is 2. The van der Waals surface area contributed by atoms with Crippen LogP contribution in [0.15, 0.2) is 48.5 Å². The van der Waals surface area contributed by atoms with Gasteiger partial charge in [-0.05, 0) is 35.7 Å². The zero-order valence-corrected chi connectivity index (χ0v) is 17.9. The molecule has 2 saturated heterocycles. The molecule has 6 heteroatoms. The molecule has 0 saturated carbocycles. The second-order valence-corrected chi connectivity index (χ2v) is 8.23. The maximum Gasteiger partial charge on any atom is 0.251 e. The minimum atomic E-state index is -0.373. The Bertz CT molecular complexity index is 918. The number of carbonyl (C=O) groups is 2. The maximum absolute atomic E-state index is 13.1. The van der Waals surface area contributed by atoms with Gasteiger partial charge < -0.3 is 9.64 Å². The van der Waals surface area contributed by atoms with Gasteiger partial charge in [0.15, 0.2) is 0 Å². The zero-order valence-electron chi connectivity index (χ0n) is 17.9. The summed E-state index contributed by atoms with van der Waals surface area (Å²) in [6.07, 6.45) is 0.249. The monoisotopic (exact) mass is 407 g/mol. The molecule has 0 spiro atoms. The van der Waals surface area contributed by atoms with Crippen LogP contribution in [-0.4, -0.2) is 56.0 Å². The molecular weight excluding hydrogens is 378 g/mol. The number of anilines is 2. The van der Waals surface area contributed by atoms with E-state index in [1.807, 2.05) is 42.5 Å². The van der Waals surface area contributed by atoms with E-state index >= 15 is 0 Å². The number of hydrogen-bond acceptors (Lipinski definition) is 5. The molecule has 0 aliphatic carbocycles. The van der Waals surface area contributed by atoms with Crippen molar-refractivity contribution in [2.45, 2.75) is 32.2 Å². The Morgan fingerprint density at radius 2 is 1.60 bits per heavy atom. The number of carbonyl (C=O) groups excluding carboxylic acids is 2. The molecule has 2 aliphatic heterocycles. The maximum atomic E-state index is 13.1. The van der Waals surface area contributed by atoms with Gasteiger partial charge in [0.05, 0.1) is 30.9 Å². The number of methoxy groups -OCH3 is 1. The van der Waals surface area contributed by atoms with Crippen LogP contribution < -0.4 is 14.5 Å². The standard InChI is InChI=1S/C24H29N3O3/c1-17(2)18-8-10-19(11-9-18)27-23(28)16-21(24(27)29)26-14-12-25(13-15-26)20-6-4-5-7-22(20)30-3/h4-11,17,21H,12-16H2,1-3H3/t21-/m0/s1. The van der Waals surface area contributed by atoms with Crippen LogP contribution in [0.25, 0.3) is 0 Å². The SMILES string of the molecule is COc1ccccc1N1CCN([C@H]2CC(=O)N(c3ccc(C(C)C)cc3)C2=O)CC1. The number of para-hydroxylation sites is 2. The Kier molecular flexibility index (Phi) is 5.77. The van der Waals surface area contributed by atoms with Crippen molar-refractivity contribution in [1.29, 1.82) is 0 Å². The van der Waals surface area contributed by atoms with Gasteiger partial charge in [0.25, 0.3) is 5.91 Å². The minimum absolute atomic E-state index is 0.108. The summed E-state index contributed by atoms with van der Waals surface area (Å²) < 4.78 is 5.48. The first-order valence-electron chi connectivity index (χ1n) is 10.6. The summed E-state index contributed by atoms with van der Waals surface area (Å²) >= 11 is 0. The normalized spacial score (nSPS) is 20.3. The fraction of sp³-hybridized carbons (Fsp3) is 0.417. The van der Waals surface area contributed by atoms with Crippen molar-refractivity contribution in [3.63, 3.8) is 0 Å². The van der Waals surface area contributed by atoms with Gasteiger partial charge in [-0.1, -0.05) is 38.1 Å². The van der Waals surface area contributed by atoms with Crippen molar-refractivity contribution in [2.75, 3.05) is 43.1 Å². The summed E-state index contributed by atoms with van der Waals surface area (Å²) in [4.78, 5) is 31.6. The van der Waals surface area contributed by atoms with Crippen molar-refractivity contribution in [1.82, 2.24) is 4.90 Å². The summed E-state index contributed by atoms with van der Waals surface area (Å²) in [7, 11) is 1.68. The molecule has 4 rings (SSSR count). The average Bonchev–Trinajstić information content (AvgIpc) is 3.07. The molecule has 2 aliphatic rings. The highest BCUT2D eigenvalue weighted by molar-refractivity contribution is 6.22. The van der Waals surface area contributed by atoms with Crippen LogP contribution in [0.4, 0.5) is 11.4 Å². The van der Waals surface area contributed by atoms with Crippen LogP contribution >= 0.6 is 0 Å². The summed E-state index contributed by atoms with van der Waals surface area (Å²) in [6.45, 7) is 7.32. The lowest BCUT2D eigenvalue weighted by Crippen LogP contribution is -2.52. The van der Waals surface area contributed by atoms with E-state index in [1.165, 1.54) is 10.5 Å². The van der Waals surface area contributed by atoms with Crippen molar-refractivity contribution >= 4 is 23.2 Å². The molecule has 30 heavy (non-hydrogen) atoms. The molecule has 0 N–H and O–H groups in total. The number of hydrogen-bond donors (Lipinski definition) is 0. The van der Waals surface area contributed by atoms with Crippen LogP contribution in [0.2, 0.25) is 0 Å². The zero-order chi connectivity index (χ0) is 21.3. The third-order valence-corrected chi connectivity index (χ3v) is 6.12. The quantitative estimate of drug-likeness (QED) is 0.712. The molecule has 2 aromatic rings. The Morgan fingerprint density at radius 3 is 2.23 bits per heavy atom. The molecule has 1 atom stereocenters. The molecular formula is C24H29N3O3. The van der Waals surface area contributed by atoms with Crippen molar-refractivity contribution < 1.29 is 14.3 Å². The van der Waals surface area contributed by atoms with Crippen LogP contribution in [-0.2, 0) is 9.59 Å². The summed E-state index contributed by atoms with van der Waals surface area (Å²) in [5.74, 6) is 1.04. The number of nitrogens with zero attached hydrogens (tertiary/aromatic N) is 3. The van der Waals surface area contributed by atoms with E-state index in [1.54, 1.807) is 7.11 Å². The lowest BCUT2D eigenvalue weighted by Gasteiger charge is -2.38. The fourth-order valence-electron chi connectivity index (χ4n) is 4.35. The summed E-state index contributed by atoms with van der Waals surface area (Å²) in [5, 5.41) is 0. The third kappa shape index (κ3) is 3.79. The summed E-state index contributed by atoms with van der Waals surface area (Å²) in [5.41, 5.74) is 2.94. The first-order valence-corrected chi connectivity index (χ1v) is 10.6. The van der Waals surface area contributed by atoms with E-state index in [9.17, 15) is 9.59 Å². The van der Waals surface area contributed by atoms with Gasteiger partial charge in [-0.15, -0.1) is 0 Å². The average molecular weight is 408 g/mol. The predicted octanol–water partition coefficient (Wildman–Crippen LogP) is 3.27. The molecule has 0 radical (unpaired) electrons. The van der Waals surface area contributed by atoms with Crippen molar-refractivity contribution in [2.24, 2.45) is 0 Å². The predicted molar refractivity (Wildman–Crippen MR) is 118 cm³/mol. The van der Waals surface area contributed by atoms with Gasteiger partial charge in [-0.3, -0.25) is 14.5 Å². The van der Waals surface area contributed by atoms with E-state index in [-0.39, 0.29) is 24.3 Å². The number of amides is 2. The van der Waals surface area contributed by atoms with Gasteiger partial charge in [0.2, 0.25) is 5.91 Å². The van der Waals surface area contributed by atoms with Gasteiger partial charge in [0.1, 0.15) is 5.75 Å². The lowest BCUT2D eigenvalue weighted by atomic mass is 10.0. The Hall–Kier alpha value is -2.86. The fourth-order valence-corrected chi connectivity index (χ4v) is 4.35. The van der Waals surface area contributed by atoms with E-state index in [0.29, 0.717) is 11.6 Å². The first-order chi connectivity index (χ1) is 14.5. The molecule has 2 amide bonds. The van der Waals surface area contributed by atoms with E-state index in [4.69, 9.17) is 4.74 Å². The number of ether oxygens (including phenoxy) is 1. The lowest BCUT2D eigenvalue weighted by molar-refractivity contribution is -0.123. The largest absolute Gasteiger partial charge is 0.495 e. The van der Waals surface area contributed by atoms with E-state index in [2.05, 4.69) is 29.7 Å². The number of imide groups is 1. The molecule has 158 valence electrons. The molecule has 0 unspecified atom stereocenters. The van der Waals surface area contributed by atoms with Gasteiger partial charge in [-0.25, -0.2) is 4.90 Å². The highest BCUT2D eigenvalue weighted by Crippen LogP contribution is 2.31. The number of piperazine rings is 1. The second kappa shape index (κ2) is 8.48. The van der Waals surface area contributed by atoms with Crippen LogP contribution in [0, 0.1) is 0 Å². The van der Waals surface area contributed by atoms with Crippen LogP contribution in [0.1, 0.15) is 31.7 Å². The van der Waals surface area contributed by atoms with E-state index < -0.39 is 0 Å². The minimum Gasteiger partial charge on any atom is -0.495 e. The highest BCUT2D eigenvalue weighted by atomic mass is 16.5. The molecule has 6 nitrogen and oxygen atoms in total. The first kappa shape index (κ1) is 20.4. The topological polar surface area (TPSA) is 53.1 Å². The van der Waals surface area contributed by atoms with Gasteiger partial charge in [-0.2, -0.15) is 0 Å². The Labute approximate surface area is 178 Å².